The van der Waals surface area contributed by atoms with E-state index in [9.17, 15) is 0 Å². The van der Waals surface area contributed by atoms with Crippen LogP contribution >= 0.6 is 0 Å². The summed E-state index contributed by atoms with van der Waals surface area (Å²) in [4.78, 5) is 4.91. The Kier molecular flexibility index (Phi) is 4.54. The number of piperazine rings is 1. The molecular formula is C16H26N4O. The Balaban J connectivity index is 2.10. The summed E-state index contributed by atoms with van der Waals surface area (Å²) in [5.41, 5.74) is 9.08. The molecule has 1 aromatic carbocycles. The lowest BCUT2D eigenvalue weighted by Gasteiger charge is -2.45. The summed E-state index contributed by atoms with van der Waals surface area (Å²) in [6, 6.07) is 5.97. The number of nitrogens with zero attached hydrogens (tertiary/aromatic N) is 3. The summed E-state index contributed by atoms with van der Waals surface area (Å²) >= 11 is 0. The van der Waals surface area contributed by atoms with Crippen LogP contribution in [0.1, 0.15) is 30.5 Å². The number of benzene rings is 1. The highest BCUT2D eigenvalue weighted by molar-refractivity contribution is 5.97. The number of nitrogens with two attached hydrogens (primary N) is 1. The van der Waals surface area contributed by atoms with Gasteiger partial charge in [-0.05, 0) is 45.0 Å². The van der Waals surface area contributed by atoms with Crippen molar-refractivity contribution in [3.8, 4) is 0 Å². The fraction of sp³-hybridized carbons (Fsp3) is 0.562. The van der Waals surface area contributed by atoms with E-state index in [0.717, 1.165) is 31.7 Å². The molecule has 0 saturated carbocycles. The minimum Gasteiger partial charge on any atom is -0.409 e. The topological polar surface area (TPSA) is 65.1 Å². The molecule has 1 heterocycles. The minimum atomic E-state index is 0.158. The zero-order valence-electron chi connectivity index (χ0n) is 13.4. The third-order valence-electron chi connectivity index (χ3n) is 4.54. The first-order chi connectivity index (χ1) is 9.83. The van der Waals surface area contributed by atoms with Crippen molar-refractivity contribution in [2.45, 2.75) is 32.9 Å². The average Bonchev–Trinajstić information content (AvgIpc) is 2.44. The zero-order chi connectivity index (χ0) is 15.6. The van der Waals surface area contributed by atoms with Crippen LogP contribution in [0.2, 0.25) is 0 Å². The van der Waals surface area contributed by atoms with Crippen molar-refractivity contribution in [3.05, 3.63) is 34.9 Å². The average molecular weight is 290 g/mol. The van der Waals surface area contributed by atoms with E-state index >= 15 is 0 Å². The second-order valence-electron chi connectivity index (χ2n) is 6.57. The Hall–Kier alpha value is -1.59. The van der Waals surface area contributed by atoms with Crippen molar-refractivity contribution in [1.82, 2.24) is 9.80 Å². The number of oxime groups is 1. The molecule has 5 heteroatoms. The van der Waals surface area contributed by atoms with Crippen molar-refractivity contribution in [1.29, 1.82) is 0 Å². The van der Waals surface area contributed by atoms with Gasteiger partial charge in [0, 0.05) is 37.3 Å². The van der Waals surface area contributed by atoms with Crippen molar-refractivity contribution in [2.75, 3.05) is 26.7 Å². The van der Waals surface area contributed by atoms with E-state index in [1.807, 2.05) is 12.1 Å². The summed E-state index contributed by atoms with van der Waals surface area (Å²) in [5.74, 6) is 0.158. The number of hydrogen-bond donors (Lipinski definition) is 2. The fourth-order valence-electron chi connectivity index (χ4n) is 2.81. The third-order valence-corrected chi connectivity index (χ3v) is 4.54. The van der Waals surface area contributed by atoms with Gasteiger partial charge in [0.25, 0.3) is 0 Å². The molecule has 2 rings (SSSR count). The van der Waals surface area contributed by atoms with Crippen molar-refractivity contribution in [2.24, 2.45) is 10.9 Å². The van der Waals surface area contributed by atoms with Crippen LogP contribution in [0.5, 0.6) is 0 Å². The summed E-state index contributed by atoms with van der Waals surface area (Å²) in [5, 5.41) is 11.8. The lowest BCUT2D eigenvalue weighted by molar-refractivity contribution is 0.0359. The number of rotatable bonds is 3. The van der Waals surface area contributed by atoms with Gasteiger partial charge in [-0.1, -0.05) is 17.3 Å². The van der Waals surface area contributed by atoms with E-state index in [4.69, 9.17) is 10.9 Å². The predicted octanol–water partition coefficient (Wildman–Crippen LogP) is 1.62. The minimum absolute atomic E-state index is 0.158. The van der Waals surface area contributed by atoms with Crippen LogP contribution in [0, 0.1) is 6.92 Å². The third kappa shape index (κ3) is 3.54. The van der Waals surface area contributed by atoms with E-state index < -0.39 is 0 Å². The van der Waals surface area contributed by atoms with Gasteiger partial charge in [-0.3, -0.25) is 9.80 Å². The zero-order valence-corrected chi connectivity index (χ0v) is 13.4. The van der Waals surface area contributed by atoms with E-state index in [2.05, 4.69) is 48.8 Å². The Morgan fingerprint density at radius 2 is 2.10 bits per heavy atom. The Morgan fingerprint density at radius 1 is 1.38 bits per heavy atom. The second-order valence-corrected chi connectivity index (χ2v) is 6.57. The Labute approximate surface area is 127 Å². The standard InChI is InChI=1S/C16H26N4O/c1-12-9-13(15(17)18-21)5-6-14(12)10-20-8-7-19(4)16(2,3)11-20/h5-6,9,21H,7-8,10-11H2,1-4H3,(H2,17,18). The van der Waals surface area contributed by atoms with Gasteiger partial charge in [0.15, 0.2) is 5.84 Å². The smallest absolute Gasteiger partial charge is 0.170 e. The monoisotopic (exact) mass is 290 g/mol. The summed E-state index contributed by atoms with van der Waals surface area (Å²) < 4.78 is 0. The highest BCUT2D eigenvalue weighted by atomic mass is 16.4. The molecule has 1 saturated heterocycles. The molecule has 1 fully saturated rings. The second kappa shape index (κ2) is 6.03. The molecule has 3 N–H and O–H groups in total. The first kappa shape index (κ1) is 15.8. The van der Waals surface area contributed by atoms with E-state index in [0.29, 0.717) is 0 Å². The van der Waals surface area contributed by atoms with Crippen LogP contribution in [0.25, 0.3) is 0 Å². The number of amidine groups is 1. The molecule has 0 atom stereocenters. The van der Waals surface area contributed by atoms with Gasteiger partial charge in [-0.25, -0.2) is 0 Å². The van der Waals surface area contributed by atoms with Crippen LogP contribution in [0.4, 0.5) is 0 Å². The number of likely N-dealkylation sites (N-methyl/N-ethyl adjacent to an activating group) is 1. The lowest BCUT2D eigenvalue weighted by Crippen LogP contribution is -2.57. The quantitative estimate of drug-likeness (QED) is 0.384. The van der Waals surface area contributed by atoms with Crippen LogP contribution in [-0.4, -0.2) is 53.1 Å². The van der Waals surface area contributed by atoms with Gasteiger partial charge in [-0.2, -0.15) is 0 Å². The lowest BCUT2D eigenvalue weighted by atomic mass is 9.98. The molecule has 1 aliphatic rings. The Bertz CT molecular complexity index is 539. The molecule has 1 aromatic rings. The van der Waals surface area contributed by atoms with Crippen LogP contribution in [0.15, 0.2) is 23.4 Å². The number of aryl methyl sites for hydroxylation is 1. The summed E-state index contributed by atoms with van der Waals surface area (Å²) in [6.07, 6.45) is 0. The Morgan fingerprint density at radius 3 is 2.67 bits per heavy atom. The molecule has 116 valence electrons. The highest BCUT2D eigenvalue weighted by Crippen LogP contribution is 2.21. The van der Waals surface area contributed by atoms with Crippen LogP contribution in [0.3, 0.4) is 0 Å². The molecule has 0 aromatic heterocycles. The van der Waals surface area contributed by atoms with Crippen LogP contribution < -0.4 is 5.73 Å². The first-order valence-electron chi connectivity index (χ1n) is 7.34. The van der Waals surface area contributed by atoms with Gasteiger partial charge >= 0.3 is 0 Å². The molecule has 21 heavy (non-hydrogen) atoms. The van der Waals surface area contributed by atoms with Gasteiger partial charge < -0.3 is 10.9 Å². The van der Waals surface area contributed by atoms with Gasteiger partial charge in [0.1, 0.15) is 0 Å². The molecule has 0 radical (unpaired) electrons. The van der Waals surface area contributed by atoms with Crippen molar-refractivity contribution < 1.29 is 5.21 Å². The molecule has 0 spiro atoms. The molecule has 5 nitrogen and oxygen atoms in total. The maximum atomic E-state index is 8.74. The van der Waals surface area contributed by atoms with E-state index in [1.54, 1.807) is 0 Å². The van der Waals surface area contributed by atoms with E-state index in [-0.39, 0.29) is 11.4 Å². The van der Waals surface area contributed by atoms with Gasteiger partial charge in [0.2, 0.25) is 0 Å². The highest BCUT2D eigenvalue weighted by Gasteiger charge is 2.30. The maximum Gasteiger partial charge on any atom is 0.170 e. The van der Waals surface area contributed by atoms with Crippen molar-refractivity contribution in [3.63, 3.8) is 0 Å². The summed E-state index contributed by atoms with van der Waals surface area (Å²) in [6.45, 7) is 10.8. The molecule has 0 amide bonds. The molecule has 0 bridgehead atoms. The van der Waals surface area contributed by atoms with Gasteiger partial charge in [-0.15, -0.1) is 0 Å². The van der Waals surface area contributed by atoms with Crippen LogP contribution in [-0.2, 0) is 6.54 Å². The fourth-order valence-corrected chi connectivity index (χ4v) is 2.81. The predicted molar refractivity (Wildman–Crippen MR) is 85.7 cm³/mol. The SMILES string of the molecule is Cc1cc(/C(N)=N/O)ccc1CN1CCN(C)C(C)(C)C1. The first-order valence-corrected chi connectivity index (χ1v) is 7.34. The summed E-state index contributed by atoms with van der Waals surface area (Å²) in [7, 11) is 2.19. The molecule has 1 aliphatic heterocycles. The van der Waals surface area contributed by atoms with Gasteiger partial charge in [0.05, 0.1) is 0 Å². The molecule has 0 unspecified atom stereocenters. The molecular weight excluding hydrogens is 264 g/mol. The van der Waals surface area contributed by atoms with Crippen molar-refractivity contribution >= 4 is 5.84 Å². The number of hydrogen-bond acceptors (Lipinski definition) is 4. The largest absolute Gasteiger partial charge is 0.409 e. The molecule has 0 aliphatic carbocycles. The maximum absolute atomic E-state index is 8.74. The van der Waals surface area contributed by atoms with E-state index in [1.165, 1.54) is 11.1 Å². The normalized spacial score (nSPS) is 20.7.